The lowest BCUT2D eigenvalue weighted by molar-refractivity contribution is 0.355. The molecule has 0 bridgehead atoms. The number of nitrogens with zero attached hydrogens (tertiary/aromatic N) is 3. The minimum atomic E-state index is -3.53. The third-order valence-electron chi connectivity index (χ3n) is 5.88. The maximum absolute atomic E-state index is 13.4. The van der Waals surface area contributed by atoms with E-state index < -0.39 is 10.0 Å². The third-order valence-corrected chi connectivity index (χ3v) is 8.99. The van der Waals surface area contributed by atoms with E-state index in [1.807, 2.05) is 56.5 Å². The van der Waals surface area contributed by atoms with E-state index in [-0.39, 0.29) is 0 Å². The van der Waals surface area contributed by atoms with Gasteiger partial charge in [-0.2, -0.15) is 4.31 Å². The Kier molecular flexibility index (Phi) is 6.65. The maximum Gasteiger partial charge on any atom is 0.243 e. The zero-order chi connectivity index (χ0) is 23.8. The van der Waals surface area contributed by atoms with Gasteiger partial charge in [0.1, 0.15) is 0 Å². The van der Waals surface area contributed by atoms with Gasteiger partial charge in [-0.3, -0.25) is 0 Å². The number of hydrogen-bond donors (Lipinski definition) is 0. The first-order valence-corrected chi connectivity index (χ1v) is 13.1. The van der Waals surface area contributed by atoms with Crippen molar-refractivity contribution in [2.75, 3.05) is 45.3 Å². The van der Waals surface area contributed by atoms with Gasteiger partial charge < -0.3 is 14.4 Å². The maximum atomic E-state index is 13.4. The van der Waals surface area contributed by atoms with Gasteiger partial charge in [-0.25, -0.2) is 13.4 Å². The summed E-state index contributed by atoms with van der Waals surface area (Å²) in [4.78, 5) is 7.38. The highest BCUT2D eigenvalue weighted by atomic mass is 32.2. The van der Waals surface area contributed by atoms with Crippen LogP contribution in [0.2, 0.25) is 0 Å². The Morgan fingerprint density at radius 1 is 0.909 bits per heavy atom. The van der Waals surface area contributed by atoms with E-state index in [1.165, 1.54) is 0 Å². The molecule has 0 radical (unpaired) electrons. The van der Waals surface area contributed by atoms with Gasteiger partial charge in [0.05, 0.1) is 24.8 Å². The molecule has 0 amide bonds. The van der Waals surface area contributed by atoms with Gasteiger partial charge in [0, 0.05) is 37.1 Å². The predicted molar refractivity (Wildman–Crippen MR) is 132 cm³/mol. The SMILES string of the molecule is COc1ccc(-c2csc(N3CCN(S(=O)(=O)c4c(C)cc(C)cc4C)CC3)n2)cc1OC. The normalized spacial score (nSPS) is 15.0. The molecular weight excluding hydrogens is 458 g/mol. The summed E-state index contributed by atoms with van der Waals surface area (Å²) in [5.41, 5.74) is 4.48. The van der Waals surface area contributed by atoms with Crippen LogP contribution in [0.4, 0.5) is 5.13 Å². The van der Waals surface area contributed by atoms with Gasteiger partial charge in [-0.05, 0) is 50.1 Å². The van der Waals surface area contributed by atoms with Gasteiger partial charge in [0.2, 0.25) is 10.0 Å². The molecule has 0 saturated carbocycles. The number of thiazole rings is 1. The van der Waals surface area contributed by atoms with E-state index >= 15 is 0 Å². The highest BCUT2D eigenvalue weighted by molar-refractivity contribution is 7.89. The van der Waals surface area contributed by atoms with E-state index in [4.69, 9.17) is 14.5 Å². The molecule has 4 rings (SSSR count). The topological polar surface area (TPSA) is 72.0 Å². The summed E-state index contributed by atoms with van der Waals surface area (Å²) in [6.07, 6.45) is 0. The molecule has 176 valence electrons. The number of anilines is 1. The van der Waals surface area contributed by atoms with Crippen molar-refractivity contribution in [3.05, 3.63) is 52.4 Å². The minimum Gasteiger partial charge on any atom is -0.493 e. The Hall–Kier alpha value is -2.62. The molecule has 7 nitrogen and oxygen atoms in total. The van der Waals surface area contributed by atoms with Crippen molar-refractivity contribution in [3.8, 4) is 22.8 Å². The van der Waals surface area contributed by atoms with Crippen LogP contribution in [0.5, 0.6) is 11.5 Å². The molecule has 1 aliphatic rings. The third kappa shape index (κ3) is 4.58. The van der Waals surface area contributed by atoms with Crippen LogP contribution in [0.1, 0.15) is 16.7 Å². The highest BCUT2D eigenvalue weighted by Crippen LogP contribution is 2.35. The first-order valence-electron chi connectivity index (χ1n) is 10.8. The van der Waals surface area contributed by atoms with Crippen molar-refractivity contribution in [1.29, 1.82) is 0 Å². The molecule has 1 saturated heterocycles. The fourth-order valence-electron chi connectivity index (χ4n) is 4.36. The number of benzene rings is 2. The molecule has 0 spiro atoms. The molecular formula is C24H29N3O4S2. The zero-order valence-corrected chi connectivity index (χ0v) is 21.2. The smallest absolute Gasteiger partial charge is 0.243 e. The number of ether oxygens (including phenoxy) is 2. The average Bonchev–Trinajstić information content (AvgIpc) is 3.28. The summed E-state index contributed by atoms with van der Waals surface area (Å²) in [7, 11) is -0.311. The Labute approximate surface area is 199 Å². The van der Waals surface area contributed by atoms with E-state index in [0.29, 0.717) is 42.6 Å². The Morgan fingerprint density at radius 2 is 1.55 bits per heavy atom. The van der Waals surface area contributed by atoms with Crippen LogP contribution in [0.25, 0.3) is 11.3 Å². The van der Waals surface area contributed by atoms with E-state index in [2.05, 4.69) is 4.90 Å². The van der Waals surface area contributed by atoms with Gasteiger partial charge in [0.15, 0.2) is 16.6 Å². The van der Waals surface area contributed by atoms with Crippen LogP contribution in [0.3, 0.4) is 0 Å². The van der Waals surface area contributed by atoms with Crippen molar-refractivity contribution < 1.29 is 17.9 Å². The number of aryl methyl sites for hydroxylation is 3. The molecule has 33 heavy (non-hydrogen) atoms. The largest absolute Gasteiger partial charge is 0.493 e. The summed E-state index contributed by atoms with van der Waals surface area (Å²) in [6, 6.07) is 9.60. The quantitative estimate of drug-likeness (QED) is 0.517. The Bertz CT molecular complexity index is 1240. The van der Waals surface area contributed by atoms with Gasteiger partial charge >= 0.3 is 0 Å². The monoisotopic (exact) mass is 487 g/mol. The van der Waals surface area contributed by atoms with Crippen LogP contribution in [0.15, 0.2) is 40.6 Å². The number of methoxy groups -OCH3 is 2. The van der Waals surface area contributed by atoms with Crippen LogP contribution >= 0.6 is 11.3 Å². The van der Waals surface area contributed by atoms with Crippen LogP contribution in [0, 0.1) is 20.8 Å². The number of hydrogen-bond acceptors (Lipinski definition) is 7. The number of aromatic nitrogens is 1. The second-order valence-corrected chi connectivity index (χ2v) is 10.9. The van der Waals surface area contributed by atoms with E-state index in [1.54, 1.807) is 29.9 Å². The fourth-order valence-corrected chi connectivity index (χ4v) is 7.08. The summed E-state index contributed by atoms with van der Waals surface area (Å²) in [5, 5.41) is 2.90. The summed E-state index contributed by atoms with van der Waals surface area (Å²) < 4.78 is 39.0. The van der Waals surface area contributed by atoms with Crippen LogP contribution < -0.4 is 14.4 Å². The standard InChI is InChI=1S/C24H29N3O4S2/c1-16-12-17(2)23(18(3)13-16)33(28,29)27-10-8-26(9-11-27)24-25-20(15-32-24)19-6-7-21(30-4)22(14-19)31-5/h6-7,12-15H,8-11H2,1-5H3. The molecule has 1 fully saturated rings. The second kappa shape index (κ2) is 9.32. The van der Waals surface area contributed by atoms with Crippen molar-refractivity contribution in [2.24, 2.45) is 0 Å². The van der Waals surface area contributed by atoms with Crippen LogP contribution in [-0.4, -0.2) is 58.1 Å². The van der Waals surface area contributed by atoms with Gasteiger partial charge in [-0.15, -0.1) is 11.3 Å². The lowest BCUT2D eigenvalue weighted by Crippen LogP contribution is -2.48. The van der Waals surface area contributed by atoms with Gasteiger partial charge in [-0.1, -0.05) is 17.7 Å². The molecule has 1 aliphatic heterocycles. The second-order valence-electron chi connectivity index (χ2n) is 8.20. The average molecular weight is 488 g/mol. The lowest BCUT2D eigenvalue weighted by atomic mass is 10.1. The zero-order valence-electron chi connectivity index (χ0n) is 19.6. The number of piperazine rings is 1. The molecule has 1 aromatic heterocycles. The summed E-state index contributed by atoms with van der Waals surface area (Å²) in [5.74, 6) is 1.33. The first-order chi connectivity index (χ1) is 15.7. The number of sulfonamides is 1. The lowest BCUT2D eigenvalue weighted by Gasteiger charge is -2.34. The number of rotatable bonds is 6. The van der Waals surface area contributed by atoms with Gasteiger partial charge in [0.25, 0.3) is 0 Å². The first kappa shape index (κ1) is 23.5. The van der Waals surface area contributed by atoms with Crippen molar-refractivity contribution in [1.82, 2.24) is 9.29 Å². The van der Waals surface area contributed by atoms with E-state index in [9.17, 15) is 8.42 Å². The molecule has 3 aromatic rings. The molecule has 9 heteroatoms. The van der Waals surface area contributed by atoms with Crippen LogP contribution in [-0.2, 0) is 10.0 Å². The summed E-state index contributed by atoms with van der Waals surface area (Å²) in [6.45, 7) is 7.78. The molecule has 2 aromatic carbocycles. The van der Waals surface area contributed by atoms with Crippen molar-refractivity contribution in [3.63, 3.8) is 0 Å². The molecule has 0 N–H and O–H groups in total. The molecule has 2 heterocycles. The fraction of sp³-hybridized carbons (Fsp3) is 0.375. The predicted octanol–water partition coefficient (Wildman–Crippen LogP) is 4.26. The highest BCUT2D eigenvalue weighted by Gasteiger charge is 2.31. The minimum absolute atomic E-state index is 0.431. The molecule has 0 atom stereocenters. The molecule has 0 aliphatic carbocycles. The van der Waals surface area contributed by atoms with Crippen molar-refractivity contribution >= 4 is 26.5 Å². The Morgan fingerprint density at radius 3 is 2.15 bits per heavy atom. The van der Waals surface area contributed by atoms with E-state index in [0.717, 1.165) is 33.1 Å². The van der Waals surface area contributed by atoms with Crippen molar-refractivity contribution in [2.45, 2.75) is 25.7 Å². The summed E-state index contributed by atoms with van der Waals surface area (Å²) >= 11 is 1.56. The molecule has 0 unspecified atom stereocenters. The Balaban J connectivity index is 1.49.